The van der Waals surface area contributed by atoms with Crippen molar-refractivity contribution < 1.29 is 4.79 Å². The summed E-state index contributed by atoms with van der Waals surface area (Å²) in [5.74, 6) is -0.137. The molecule has 2 aromatic rings. The molecule has 4 nitrogen and oxygen atoms in total. The topological polar surface area (TPSA) is 58.4 Å². The average molecular weight is 269 g/mol. The van der Waals surface area contributed by atoms with Gasteiger partial charge in [-0.1, -0.05) is 24.3 Å². The summed E-state index contributed by atoms with van der Waals surface area (Å²) in [5, 5.41) is 2.91. The summed E-state index contributed by atoms with van der Waals surface area (Å²) < 4.78 is 0. The van der Waals surface area contributed by atoms with Gasteiger partial charge < -0.3 is 16.0 Å². The average Bonchev–Trinajstić information content (AvgIpc) is 2.47. The van der Waals surface area contributed by atoms with Crippen LogP contribution in [0.3, 0.4) is 0 Å². The molecule has 0 heterocycles. The van der Waals surface area contributed by atoms with Crippen LogP contribution in [0.15, 0.2) is 48.5 Å². The van der Waals surface area contributed by atoms with E-state index in [4.69, 9.17) is 5.73 Å². The van der Waals surface area contributed by atoms with Gasteiger partial charge in [0, 0.05) is 37.6 Å². The van der Waals surface area contributed by atoms with Gasteiger partial charge in [-0.2, -0.15) is 0 Å². The smallest absolute Gasteiger partial charge is 0.255 e. The summed E-state index contributed by atoms with van der Waals surface area (Å²) in [5.41, 5.74) is 8.92. The van der Waals surface area contributed by atoms with Crippen LogP contribution in [-0.2, 0) is 6.54 Å². The van der Waals surface area contributed by atoms with Crippen LogP contribution in [0.5, 0.6) is 0 Å². The Labute approximate surface area is 119 Å². The van der Waals surface area contributed by atoms with Crippen LogP contribution in [0.25, 0.3) is 0 Å². The number of anilines is 2. The lowest BCUT2D eigenvalue weighted by Gasteiger charge is -2.14. The molecule has 1 amide bonds. The highest BCUT2D eigenvalue weighted by Gasteiger charge is 2.10. The van der Waals surface area contributed by atoms with Crippen molar-refractivity contribution in [3.63, 3.8) is 0 Å². The van der Waals surface area contributed by atoms with E-state index in [1.165, 1.54) is 0 Å². The Hall–Kier alpha value is -2.33. The maximum atomic E-state index is 12.3. The van der Waals surface area contributed by atoms with Gasteiger partial charge in [0.25, 0.3) is 5.91 Å². The fourth-order valence-electron chi connectivity index (χ4n) is 1.98. The molecule has 4 heteroatoms. The lowest BCUT2D eigenvalue weighted by Crippen LogP contribution is -2.16. The van der Waals surface area contributed by atoms with Crippen molar-refractivity contribution in [1.29, 1.82) is 0 Å². The van der Waals surface area contributed by atoms with E-state index in [-0.39, 0.29) is 5.91 Å². The lowest BCUT2D eigenvalue weighted by molar-refractivity contribution is 0.102. The Bertz CT molecular complexity index is 608. The standard InChI is InChI=1S/C16H19N3O/c1-19(2)14-8-5-7-13(10-14)18-16(20)15-9-4-3-6-12(15)11-17/h3-10H,11,17H2,1-2H3,(H,18,20). The third-order valence-electron chi connectivity index (χ3n) is 3.10. The maximum Gasteiger partial charge on any atom is 0.255 e. The number of rotatable bonds is 4. The number of nitrogens with zero attached hydrogens (tertiary/aromatic N) is 1. The van der Waals surface area contributed by atoms with Gasteiger partial charge in [-0.3, -0.25) is 4.79 Å². The Morgan fingerprint density at radius 2 is 1.90 bits per heavy atom. The van der Waals surface area contributed by atoms with Gasteiger partial charge in [0.1, 0.15) is 0 Å². The second-order valence-electron chi connectivity index (χ2n) is 4.76. The van der Waals surface area contributed by atoms with Gasteiger partial charge in [-0.25, -0.2) is 0 Å². The molecule has 2 aromatic carbocycles. The highest BCUT2D eigenvalue weighted by molar-refractivity contribution is 6.05. The van der Waals surface area contributed by atoms with E-state index in [0.717, 1.165) is 16.9 Å². The Kier molecular flexibility index (Phi) is 4.38. The van der Waals surface area contributed by atoms with E-state index >= 15 is 0 Å². The largest absolute Gasteiger partial charge is 0.378 e. The van der Waals surface area contributed by atoms with Crippen molar-refractivity contribution in [3.8, 4) is 0 Å². The number of carbonyl (C=O) groups excluding carboxylic acids is 1. The van der Waals surface area contributed by atoms with Crippen molar-refractivity contribution >= 4 is 17.3 Å². The zero-order chi connectivity index (χ0) is 14.5. The highest BCUT2D eigenvalue weighted by Crippen LogP contribution is 2.18. The molecule has 0 bridgehead atoms. The number of hydrogen-bond donors (Lipinski definition) is 2. The highest BCUT2D eigenvalue weighted by atomic mass is 16.1. The van der Waals surface area contributed by atoms with Crippen LogP contribution in [0.1, 0.15) is 15.9 Å². The van der Waals surface area contributed by atoms with Gasteiger partial charge in [-0.05, 0) is 29.8 Å². The van der Waals surface area contributed by atoms with E-state index in [9.17, 15) is 4.79 Å². The fourth-order valence-corrected chi connectivity index (χ4v) is 1.98. The number of amides is 1. The first-order valence-corrected chi connectivity index (χ1v) is 6.48. The summed E-state index contributed by atoms with van der Waals surface area (Å²) in [6.45, 7) is 0.349. The predicted molar refractivity (Wildman–Crippen MR) is 83.1 cm³/mol. The number of carbonyl (C=O) groups is 1. The zero-order valence-corrected chi connectivity index (χ0v) is 11.8. The summed E-state index contributed by atoms with van der Waals surface area (Å²) in [7, 11) is 3.93. The molecule has 20 heavy (non-hydrogen) atoms. The predicted octanol–water partition coefficient (Wildman–Crippen LogP) is 2.46. The van der Waals surface area contributed by atoms with Crippen molar-refractivity contribution in [2.75, 3.05) is 24.3 Å². The fraction of sp³-hybridized carbons (Fsp3) is 0.188. The van der Waals surface area contributed by atoms with Crippen LogP contribution in [0, 0.1) is 0 Å². The van der Waals surface area contributed by atoms with Crippen LogP contribution in [0.4, 0.5) is 11.4 Å². The molecule has 0 aliphatic heterocycles. The summed E-state index contributed by atoms with van der Waals surface area (Å²) in [6, 6.07) is 15.1. The summed E-state index contributed by atoms with van der Waals surface area (Å²) in [6.07, 6.45) is 0. The maximum absolute atomic E-state index is 12.3. The molecular weight excluding hydrogens is 250 g/mol. The van der Waals surface area contributed by atoms with E-state index in [1.807, 2.05) is 61.5 Å². The monoisotopic (exact) mass is 269 g/mol. The molecule has 3 N–H and O–H groups in total. The van der Waals surface area contributed by atoms with E-state index < -0.39 is 0 Å². The molecule has 104 valence electrons. The molecule has 2 rings (SSSR count). The minimum Gasteiger partial charge on any atom is -0.378 e. The number of nitrogens with two attached hydrogens (primary N) is 1. The SMILES string of the molecule is CN(C)c1cccc(NC(=O)c2ccccc2CN)c1. The van der Waals surface area contributed by atoms with Gasteiger partial charge >= 0.3 is 0 Å². The minimum absolute atomic E-state index is 0.137. The van der Waals surface area contributed by atoms with Gasteiger partial charge in [0.05, 0.1) is 0 Å². The van der Waals surface area contributed by atoms with Crippen molar-refractivity contribution in [3.05, 3.63) is 59.7 Å². The molecule has 0 atom stereocenters. The Balaban J connectivity index is 2.21. The van der Waals surface area contributed by atoms with Crippen LogP contribution < -0.4 is 16.0 Å². The van der Waals surface area contributed by atoms with E-state index in [0.29, 0.717) is 12.1 Å². The molecular formula is C16H19N3O. The molecule has 0 saturated heterocycles. The van der Waals surface area contributed by atoms with E-state index in [1.54, 1.807) is 6.07 Å². The van der Waals surface area contributed by atoms with Crippen molar-refractivity contribution in [2.45, 2.75) is 6.54 Å². The minimum atomic E-state index is -0.137. The van der Waals surface area contributed by atoms with Gasteiger partial charge in [0.15, 0.2) is 0 Å². The van der Waals surface area contributed by atoms with Gasteiger partial charge in [0.2, 0.25) is 0 Å². The molecule has 0 unspecified atom stereocenters. The number of hydrogen-bond acceptors (Lipinski definition) is 3. The van der Waals surface area contributed by atoms with Crippen LogP contribution in [-0.4, -0.2) is 20.0 Å². The normalized spacial score (nSPS) is 10.2. The summed E-state index contributed by atoms with van der Waals surface area (Å²) in [4.78, 5) is 14.3. The number of nitrogens with one attached hydrogen (secondary N) is 1. The van der Waals surface area contributed by atoms with Crippen molar-refractivity contribution in [1.82, 2.24) is 0 Å². The second-order valence-corrected chi connectivity index (χ2v) is 4.76. The third-order valence-corrected chi connectivity index (χ3v) is 3.10. The number of benzene rings is 2. The first kappa shape index (κ1) is 14.1. The van der Waals surface area contributed by atoms with E-state index in [2.05, 4.69) is 5.32 Å². The molecule has 0 saturated carbocycles. The Morgan fingerprint density at radius 3 is 2.60 bits per heavy atom. The Morgan fingerprint density at radius 1 is 1.15 bits per heavy atom. The molecule has 0 aliphatic carbocycles. The lowest BCUT2D eigenvalue weighted by atomic mass is 10.1. The summed E-state index contributed by atoms with van der Waals surface area (Å²) >= 11 is 0. The molecule has 0 aliphatic rings. The third kappa shape index (κ3) is 3.16. The second kappa shape index (κ2) is 6.21. The van der Waals surface area contributed by atoms with Crippen molar-refractivity contribution in [2.24, 2.45) is 5.73 Å². The molecule has 0 radical (unpaired) electrons. The van der Waals surface area contributed by atoms with Gasteiger partial charge in [-0.15, -0.1) is 0 Å². The molecule has 0 fully saturated rings. The quantitative estimate of drug-likeness (QED) is 0.896. The molecule has 0 aromatic heterocycles. The van der Waals surface area contributed by atoms with Crippen LogP contribution >= 0.6 is 0 Å². The molecule has 0 spiro atoms. The van der Waals surface area contributed by atoms with Crippen LogP contribution in [0.2, 0.25) is 0 Å². The first-order chi connectivity index (χ1) is 9.61. The zero-order valence-electron chi connectivity index (χ0n) is 11.8. The first-order valence-electron chi connectivity index (χ1n) is 6.48.